The standard InChI is InChI=1S/C13H9F3N4O/c1-7-10-6-20(19-11(10)12(21)18-17-7)9-4-2-3-8(5-9)13(14,15)16/h2-6H,1H3,(H,18,21). The predicted molar refractivity (Wildman–Crippen MR) is 69.2 cm³/mol. The molecular formula is C13H9F3N4O. The number of nitrogens with zero attached hydrogens (tertiary/aromatic N) is 3. The maximum atomic E-state index is 12.7. The minimum atomic E-state index is -4.43. The summed E-state index contributed by atoms with van der Waals surface area (Å²) in [5.74, 6) is 0. The molecule has 0 spiro atoms. The summed E-state index contributed by atoms with van der Waals surface area (Å²) in [5.41, 5.74) is -0.354. The summed E-state index contributed by atoms with van der Waals surface area (Å²) in [7, 11) is 0. The molecule has 0 fully saturated rings. The molecule has 0 aliphatic carbocycles. The third-order valence-corrected chi connectivity index (χ3v) is 3.08. The summed E-state index contributed by atoms with van der Waals surface area (Å²) in [6, 6.07) is 4.73. The van der Waals surface area contributed by atoms with Crippen molar-refractivity contribution >= 4 is 10.9 Å². The molecule has 0 atom stereocenters. The van der Waals surface area contributed by atoms with Gasteiger partial charge in [0.15, 0.2) is 5.52 Å². The molecule has 1 aromatic carbocycles. The van der Waals surface area contributed by atoms with Crippen LogP contribution in [0.3, 0.4) is 0 Å². The summed E-state index contributed by atoms with van der Waals surface area (Å²) in [4.78, 5) is 11.6. The van der Waals surface area contributed by atoms with Crippen LogP contribution in [0.2, 0.25) is 0 Å². The Bertz CT molecular complexity index is 879. The van der Waals surface area contributed by atoms with E-state index >= 15 is 0 Å². The number of H-pyrrole nitrogens is 1. The maximum Gasteiger partial charge on any atom is 0.416 e. The van der Waals surface area contributed by atoms with Crippen LogP contribution >= 0.6 is 0 Å². The van der Waals surface area contributed by atoms with Crippen LogP contribution in [-0.2, 0) is 6.18 Å². The molecule has 5 nitrogen and oxygen atoms in total. The highest BCUT2D eigenvalue weighted by molar-refractivity contribution is 5.79. The van der Waals surface area contributed by atoms with Gasteiger partial charge in [-0.15, -0.1) is 0 Å². The molecule has 108 valence electrons. The lowest BCUT2D eigenvalue weighted by atomic mass is 10.2. The minimum absolute atomic E-state index is 0.139. The molecule has 2 heterocycles. The van der Waals surface area contributed by atoms with Crippen molar-refractivity contribution in [2.24, 2.45) is 0 Å². The lowest BCUT2D eigenvalue weighted by molar-refractivity contribution is -0.137. The number of alkyl halides is 3. The van der Waals surface area contributed by atoms with E-state index < -0.39 is 17.3 Å². The van der Waals surface area contributed by atoms with Crippen LogP contribution in [0.25, 0.3) is 16.6 Å². The van der Waals surface area contributed by atoms with Crippen LogP contribution in [-0.4, -0.2) is 20.0 Å². The molecule has 0 radical (unpaired) electrons. The van der Waals surface area contributed by atoms with Gasteiger partial charge in [0.2, 0.25) is 0 Å². The van der Waals surface area contributed by atoms with Crippen molar-refractivity contribution in [3.8, 4) is 5.69 Å². The van der Waals surface area contributed by atoms with E-state index in [0.717, 1.165) is 12.1 Å². The Labute approximate surface area is 116 Å². The number of fused-ring (bicyclic) bond motifs is 1. The molecule has 0 aliphatic rings. The van der Waals surface area contributed by atoms with E-state index in [9.17, 15) is 18.0 Å². The molecular weight excluding hydrogens is 285 g/mol. The zero-order valence-electron chi connectivity index (χ0n) is 10.8. The van der Waals surface area contributed by atoms with Crippen LogP contribution in [0.4, 0.5) is 13.2 Å². The minimum Gasteiger partial charge on any atom is -0.265 e. The average Bonchev–Trinajstić information content (AvgIpc) is 2.89. The summed E-state index contributed by atoms with van der Waals surface area (Å²) in [6.45, 7) is 1.68. The molecule has 21 heavy (non-hydrogen) atoms. The van der Waals surface area contributed by atoms with Crippen molar-refractivity contribution in [3.63, 3.8) is 0 Å². The Hall–Kier alpha value is -2.64. The molecule has 3 rings (SSSR count). The highest BCUT2D eigenvalue weighted by atomic mass is 19.4. The van der Waals surface area contributed by atoms with Gasteiger partial charge >= 0.3 is 6.18 Å². The second kappa shape index (κ2) is 4.44. The third-order valence-electron chi connectivity index (χ3n) is 3.08. The van der Waals surface area contributed by atoms with E-state index in [2.05, 4.69) is 15.3 Å². The van der Waals surface area contributed by atoms with E-state index in [0.29, 0.717) is 11.1 Å². The van der Waals surface area contributed by atoms with E-state index in [-0.39, 0.29) is 11.2 Å². The Morgan fingerprint density at radius 3 is 2.71 bits per heavy atom. The molecule has 0 saturated carbocycles. The second-order valence-electron chi connectivity index (χ2n) is 4.52. The third kappa shape index (κ3) is 2.28. The SMILES string of the molecule is Cc1n[nH]c(=O)c2nn(-c3cccc(C(F)(F)F)c3)cc12. The number of hydrogen-bond donors (Lipinski definition) is 1. The number of nitrogens with one attached hydrogen (secondary N) is 1. The molecule has 0 bridgehead atoms. The maximum absolute atomic E-state index is 12.7. The zero-order valence-corrected chi connectivity index (χ0v) is 10.8. The fraction of sp³-hybridized carbons (Fsp3) is 0.154. The quantitative estimate of drug-likeness (QED) is 0.749. The normalized spacial score (nSPS) is 12.0. The second-order valence-corrected chi connectivity index (χ2v) is 4.52. The molecule has 0 saturated heterocycles. The smallest absolute Gasteiger partial charge is 0.265 e. The van der Waals surface area contributed by atoms with Gasteiger partial charge in [-0.1, -0.05) is 6.07 Å². The van der Waals surface area contributed by atoms with E-state index in [1.54, 1.807) is 6.92 Å². The van der Waals surface area contributed by atoms with Gasteiger partial charge in [-0.25, -0.2) is 9.78 Å². The lowest BCUT2D eigenvalue weighted by Crippen LogP contribution is -2.09. The monoisotopic (exact) mass is 294 g/mol. The first-order valence-electron chi connectivity index (χ1n) is 5.98. The summed E-state index contributed by atoms with van der Waals surface area (Å²) in [6.07, 6.45) is -2.94. The van der Waals surface area contributed by atoms with Gasteiger partial charge in [0, 0.05) is 11.6 Å². The number of halogens is 3. The highest BCUT2D eigenvalue weighted by Crippen LogP contribution is 2.30. The molecule has 0 amide bonds. The Morgan fingerprint density at radius 2 is 2.05 bits per heavy atom. The van der Waals surface area contributed by atoms with Gasteiger partial charge in [0.1, 0.15) is 0 Å². The van der Waals surface area contributed by atoms with Gasteiger partial charge < -0.3 is 0 Å². The van der Waals surface area contributed by atoms with Crippen molar-refractivity contribution in [3.05, 3.63) is 52.1 Å². The largest absolute Gasteiger partial charge is 0.416 e. The molecule has 3 aromatic rings. The molecule has 1 N–H and O–H groups in total. The van der Waals surface area contributed by atoms with Gasteiger partial charge in [-0.3, -0.25) is 4.79 Å². The summed E-state index contributed by atoms with van der Waals surface area (Å²) < 4.78 is 39.4. The predicted octanol–water partition coefficient (Wildman–Crippen LogP) is 2.44. The van der Waals surface area contributed by atoms with Crippen molar-refractivity contribution in [2.75, 3.05) is 0 Å². The highest BCUT2D eigenvalue weighted by Gasteiger charge is 2.30. The first-order valence-corrected chi connectivity index (χ1v) is 5.98. The van der Waals surface area contributed by atoms with E-state index in [1.807, 2.05) is 0 Å². The van der Waals surface area contributed by atoms with Gasteiger partial charge in [0.25, 0.3) is 5.56 Å². The molecule has 0 aliphatic heterocycles. The van der Waals surface area contributed by atoms with Crippen LogP contribution in [0.1, 0.15) is 11.3 Å². The van der Waals surface area contributed by atoms with Crippen molar-refractivity contribution in [1.29, 1.82) is 0 Å². The van der Waals surface area contributed by atoms with Gasteiger partial charge in [0.05, 0.1) is 16.9 Å². The molecule has 8 heteroatoms. The van der Waals surface area contributed by atoms with Crippen molar-refractivity contribution in [2.45, 2.75) is 13.1 Å². The Morgan fingerprint density at radius 1 is 1.29 bits per heavy atom. The lowest BCUT2D eigenvalue weighted by Gasteiger charge is -2.08. The Kier molecular flexibility index (Phi) is 2.82. The van der Waals surface area contributed by atoms with Crippen molar-refractivity contribution in [1.82, 2.24) is 20.0 Å². The van der Waals surface area contributed by atoms with E-state index in [1.165, 1.54) is 23.0 Å². The van der Waals surface area contributed by atoms with Crippen LogP contribution in [0.5, 0.6) is 0 Å². The fourth-order valence-electron chi connectivity index (χ4n) is 2.01. The topological polar surface area (TPSA) is 63.6 Å². The number of benzene rings is 1. The Balaban J connectivity index is 2.20. The van der Waals surface area contributed by atoms with Gasteiger partial charge in [-0.2, -0.15) is 23.4 Å². The van der Waals surface area contributed by atoms with Gasteiger partial charge in [-0.05, 0) is 25.1 Å². The molecule has 2 aromatic heterocycles. The zero-order chi connectivity index (χ0) is 15.2. The number of aryl methyl sites for hydroxylation is 1. The number of rotatable bonds is 1. The number of aromatic amines is 1. The average molecular weight is 294 g/mol. The first kappa shape index (κ1) is 13.3. The first-order chi connectivity index (χ1) is 9.86. The summed E-state index contributed by atoms with van der Waals surface area (Å²) in [5, 5.41) is 10.6. The van der Waals surface area contributed by atoms with Crippen LogP contribution < -0.4 is 5.56 Å². The number of aromatic nitrogens is 4. The number of hydrogen-bond acceptors (Lipinski definition) is 3. The van der Waals surface area contributed by atoms with Crippen molar-refractivity contribution < 1.29 is 13.2 Å². The van der Waals surface area contributed by atoms with Crippen LogP contribution in [0, 0.1) is 6.92 Å². The van der Waals surface area contributed by atoms with E-state index in [4.69, 9.17) is 0 Å². The van der Waals surface area contributed by atoms with Crippen LogP contribution in [0.15, 0.2) is 35.3 Å². The molecule has 0 unspecified atom stereocenters. The fourth-order valence-corrected chi connectivity index (χ4v) is 2.01. The summed E-state index contributed by atoms with van der Waals surface area (Å²) >= 11 is 0.